The summed E-state index contributed by atoms with van der Waals surface area (Å²) in [4.78, 5) is 13.6. The summed E-state index contributed by atoms with van der Waals surface area (Å²) >= 11 is 0. The van der Waals surface area contributed by atoms with E-state index in [-0.39, 0.29) is 11.5 Å². The highest BCUT2D eigenvalue weighted by Crippen LogP contribution is 2.13. The van der Waals surface area contributed by atoms with E-state index in [9.17, 15) is 9.18 Å². The van der Waals surface area contributed by atoms with Crippen molar-refractivity contribution in [3.05, 3.63) is 29.6 Å². The first kappa shape index (κ1) is 14.3. The fraction of sp³-hybridized carbons (Fsp3) is 0.429. The molecule has 6 heteroatoms. The van der Waals surface area contributed by atoms with Crippen molar-refractivity contribution >= 4 is 11.6 Å². The predicted octanol–water partition coefficient (Wildman–Crippen LogP) is 1.36. The Balaban J connectivity index is 1.79. The second-order valence-electron chi connectivity index (χ2n) is 4.48. The molecule has 0 saturated carbocycles. The maximum atomic E-state index is 13.4. The van der Waals surface area contributed by atoms with Crippen LogP contribution < -0.4 is 5.32 Å². The Labute approximate surface area is 116 Å². The monoisotopic (exact) mass is 277 g/mol. The molecule has 1 N–H and O–H groups in total. The summed E-state index contributed by atoms with van der Waals surface area (Å²) in [6, 6.07) is 6.07. The van der Waals surface area contributed by atoms with Crippen molar-refractivity contribution in [1.29, 1.82) is 5.26 Å². The number of nitrogens with one attached hydrogen (secondary N) is 1. The number of ether oxygens (including phenoxy) is 1. The normalized spacial score (nSPS) is 14.7. The maximum Gasteiger partial charge on any atom is 0.224 e. The molecule has 0 unspecified atom stereocenters. The number of halogens is 1. The molecule has 1 amide bonds. The van der Waals surface area contributed by atoms with E-state index in [1.165, 1.54) is 12.1 Å². The molecule has 2 rings (SSSR count). The molecule has 0 aliphatic carbocycles. The first-order valence-corrected chi connectivity index (χ1v) is 6.50. The Hall–Kier alpha value is -2.13. The van der Waals surface area contributed by atoms with Gasteiger partial charge in [0.05, 0.1) is 18.8 Å². The zero-order chi connectivity index (χ0) is 14.4. The summed E-state index contributed by atoms with van der Waals surface area (Å²) in [6.07, 6.45) is 0.349. The van der Waals surface area contributed by atoms with Gasteiger partial charge in [-0.15, -0.1) is 0 Å². The lowest BCUT2D eigenvalue weighted by Crippen LogP contribution is -2.41. The number of carbonyl (C=O) groups excluding carboxylic acids is 1. The van der Waals surface area contributed by atoms with Gasteiger partial charge in [0.2, 0.25) is 5.91 Å². The number of carbonyl (C=O) groups is 1. The lowest BCUT2D eigenvalue weighted by Gasteiger charge is -2.26. The van der Waals surface area contributed by atoms with Gasteiger partial charge in [-0.1, -0.05) is 0 Å². The van der Waals surface area contributed by atoms with Crippen LogP contribution in [0.15, 0.2) is 18.2 Å². The summed E-state index contributed by atoms with van der Waals surface area (Å²) in [5.41, 5.74) is 0.580. The van der Waals surface area contributed by atoms with Gasteiger partial charge in [-0.2, -0.15) is 5.26 Å². The van der Waals surface area contributed by atoms with Crippen LogP contribution in [0.25, 0.3) is 0 Å². The van der Waals surface area contributed by atoms with E-state index in [1.54, 1.807) is 17.0 Å². The standard InChI is InChI=1S/C14H16FN3O2/c15-13-9-12(2-1-11(13)10-16)17-4-3-14(19)18-5-7-20-8-6-18/h1-2,9,17H,3-8H2. The second kappa shape index (κ2) is 6.87. The third kappa shape index (κ3) is 3.68. The number of hydrogen-bond donors (Lipinski definition) is 1. The van der Waals surface area contributed by atoms with Crippen LogP contribution in [0.4, 0.5) is 10.1 Å². The second-order valence-corrected chi connectivity index (χ2v) is 4.48. The number of morpholine rings is 1. The van der Waals surface area contributed by atoms with Crippen molar-refractivity contribution in [3.63, 3.8) is 0 Å². The number of nitriles is 1. The molecule has 1 aliphatic rings. The molecule has 1 aliphatic heterocycles. The minimum Gasteiger partial charge on any atom is -0.384 e. The number of nitrogens with zero attached hydrogens (tertiary/aromatic N) is 2. The summed E-state index contributed by atoms with van der Waals surface area (Å²) in [6.45, 7) is 2.86. The molecule has 1 fully saturated rings. The van der Waals surface area contributed by atoms with Crippen molar-refractivity contribution in [2.75, 3.05) is 38.2 Å². The summed E-state index contributed by atoms with van der Waals surface area (Å²) in [5.74, 6) is -0.494. The summed E-state index contributed by atoms with van der Waals surface area (Å²) < 4.78 is 18.6. The third-order valence-corrected chi connectivity index (χ3v) is 3.12. The molecule has 1 heterocycles. The number of hydrogen-bond acceptors (Lipinski definition) is 4. The third-order valence-electron chi connectivity index (χ3n) is 3.12. The number of rotatable bonds is 4. The summed E-state index contributed by atoms with van der Waals surface area (Å²) in [7, 11) is 0. The molecule has 20 heavy (non-hydrogen) atoms. The van der Waals surface area contributed by atoms with Gasteiger partial charge in [0.15, 0.2) is 0 Å². The van der Waals surface area contributed by atoms with E-state index in [4.69, 9.17) is 10.00 Å². The Morgan fingerprint density at radius 1 is 1.45 bits per heavy atom. The molecule has 106 valence electrons. The fourth-order valence-corrected chi connectivity index (χ4v) is 2.00. The lowest BCUT2D eigenvalue weighted by molar-refractivity contribution is -0.134. The van der Waals surface area contributed by atoms with E-state index in [0.29, 0.717) is 45.0 Å². The highest BCUT2D eigenvalue weighted by Gasteiger charge is 2.16. The SMILES string of the molecule is N#Cc1ccc(NCCC(=O)N2CCOCC2)cc1F. The van der Waals surface area contributed by atoms with Crippen molar-refractivity contribution in [3.8, 4) is 6.07 Å². The van der Waals surface area contributed by atoms with Crippen LogP contribution in [0.3, 0.4) is 0 Å². The highest BCUT2D eigenvalue weighted by molar-refractivity contribution is 5.76. The van der Waals surface area contributed by atoms with Gasteiger partial charge in [0.25, 0.3) is 0 Å². The van der Waals surface area contributed by atoms with Crippen molar-refractivity contribution in [2.45, 2.75) is 6.42 Å². The van der Waals surface area contributed by atoms with Crippen LogP contribution >= 0.6 is 0 Å². The van der Waals surface area contributed by atoms with Gasteiger partial charge in [-0.3, -0.25) is 4.79 Å². The lowest BCUT2D eigenvalue weighted by atomic mass is 10.2. The number of benzene rings is 1. The fourth-order valence-electron chi connectivity index (χ4n) is 2.00. The Morgan fingerprint density at radius 2 is 2.20 bits per heavy atom. The van der Waals surface area contributed by atoms with E-state index >= 15 is 0 Å². The Morgan fingerprint density at radius 3 is 2.85 bits per heavy atom. The van der Waals surface area contributed by atoms with Crippen molar-refractivity contribution in [2.24, 2.45) is 0 Å². The van der Waals surface area contributed by atoms with Crippen molar-refractivity contribution < 1.29 is 13.9 Å². The van der Waals surface area contributed by atoms with Crippen LogP contribution in [0.5, 0.6) is 0 Å². The molecule has 0 atom stereocenters. The molecular weight excluding hydrogens is 261 g/mol. The average Bonchev–Trinajstić information content (AvgIpc) is 2.48. The van der Waals surface area contributed by atoms with Crippen molar-refractivity contribution in [1.82, 2.24) is 4.90 Å². The smallest absolute Gasteiger partial charge is 0.224 e. The van der Waals surface area contributed by atoms with E-state index in [1.807, 2.05) is 0 Å². The van der Waals surface area contributed by atoms with Crippen LogP contribution in [0.2, 0.25) is 0 Å². The Bertz CT molecular complexity index is 522. The minimum atomic E-state index is -0.558. The zero-order valence-corrected chi connectivity index (χ0v) is 11.1. The molecule has 0 radical (unpaired) electrons. The first-order chi connectivity index (χ1) is 9.70. The number of anilines is 1. The van der Waals surface area contributed by atoms with E-state index in [0.717, 1.165) is 0 Å². The van der Waals surface area contributed by atoms with Gasteiger partial charge in [-0.05, 0) is 18.2 Å². The average molecular weight is 277 g/mol. The van der Waals surface area contributed by atoms with Gasteiger partial charge < -0.3 is 15.0 Å². The van der Waals surface area contributed by atoms with Gasteiger partial charge in [0, 0.05) is 31.7 Å². The quantitative estimate of drug-likeness (QED) is 0.902. The van der Waals surface area contributed by atoms with E-state index < -0.39 is 5.82 Å². The molecule has 5 nitrogen and oxygen atoms in total. The van der Waals surface area contributed by atoms with Crippen LogP contribution in [-0.4, -0.2) is 43.7 Å². The van der Waals surface area contributed by atoms with Gasteiger partial charge in [0.1, 0.15) is 11.9 Å². The topological polar surface area (TPSA) is 65.4 Å². The molecule has 1 saturated heterocycles. The molecule has 1 aromatic carbocycles. The molecular formula is C14H16FN3O2. The van der Waals surface area contributed by atoms with Crippen LogP contribution in [0, 0.1) is 17.1 Å². The number of amides is 1. The van der Waals surface area contributed by atoms with Crippen LogP contribution in [0.1, 0.15) is 12.0 Å². The highest BCUT2D eigenvalue weighted by atomic mass is 19.1. The molecule has 0 spiro atoms. The predicted molar refractivity (Wildman–Crippen MR) is 71.6 cm³/mol. The molecule has 0 aromatic heterocycles. The van der Waals surface area contributed by atoms with Gasteiger partial charge in [-0.25, -0.2) is 4.39 Å². The largest absolute Gasteiger partial charge is 0.384 e. The zero-order valence-electron chi connectivity index (χ0n) is 11.1. The molecule has 1 aromatic rings. The van der Waals surface area contributed by atoms with Crippen LogP contribution in [-0.2, 0) is 9.53 Å². The molecule has 0 bridgehead atoms. The Kier molecular flexibility index (Phi) is 4.91. The van der Waals surface area contributed by atoms with Gasteiger partial charge >= 0.3 is 0 Å². The van der Waals surface area contributed by atoms with E-state index in [2.05, 4.69) is 5.32 Å². The summed E-state index contributed by atoms with van der Waals surface area (Å²) in [5, 5.41) is 11.6. The maximum absolute atomic E-state index is 13.4. The minimum absolute atomic E-state index is 0.0138. The first-order valence-electron chi connectivity index (χ1n) is 6.50.